The molecule has 1 N–H and O–H groups in total. The summed E-state index contributed by atoms with van der Waals surface area (Å²) in [7, 11) is 1.77. The van der Waals surface area contributed by atoms with Crippen molar-refractivity contribution < 1.29 is 5.11 Å². The molecule has 1 saturated carbocycles. The minimum absolute atomic E-state index is 0.0229. The highest BCUT2D eigenvalue weighted by Gasteiger charge is 2.33. The fourth-order valence-electron chi connectivity index (χ4n) is 2.98. The zero-order valence-electron chi connectivity index (χ0n) is 10.8. The molecule has 3 unspecified atom stereocenters. The summed E-state index contributed by atoms with van der Waals surface area (Å²) >= 11 is 0. The minimum atomic E-state index is -0.262. The highest BCUT2D eigenvalue weighted by Crippen LogP contribution is 2.37. The van der Waals surface area contributed by atoms with E-state index in [4.69, 9.17) is 0 Å². The van der Waals surface area contributed by atoms with Crippen LogP contribution in [0.3, 0.4) is 0 Å². The molecule has 17 heavy (non-hydrogen) atoms. The lowest BCUT2D eigenvalue weighted by Gasteiger charge is -2.37. The van der Waals surface area contributed by atoms with Gasteiger partial charge in [0.1, 0.15) is 0 Å². The second-order valence-electron chi connectivity index (χ2n) is 5.54. The van der Waals surface area contributed by atoms with Gasteiger partial charge in [-0.05, 0) is 31.1 Å². The van der Waals surface area contributed by atoms with Crippen molar-refractivity contribution in [2.45, 2.75) is 45.3 Å². The monoisotopic (exact) mass is 238 g/mol. The van der Waals surface area contributed by atoms with Gasteiger partial charge in [-0.1, -0.05) is 13.8 Å². The number of nitrogens with zero attached hydrogens (tertiary/aromatic N) is 2. The number of aliphatic hydroxyl groups is 1. The SMILES string of the molecule is CC(C)C1CCC(O)CC1n1ccn(C)c1=O. The second kappa shape index (κ2) is 4.69. The lowest BCUT2D eigenvalue weighted by molar-refractivity contribution is 0.0554. The smallest absolute Gasteiger partial charge is 0.328 e. The molecule has 0 bridgehead atoms. The first-order chi connectivity index (χ1) is 8.00. The van der Waals surface area contributed by atoms with E-state index in [0.717, 1.165) is 12.8 Å². The van der Waals surface area contributed by atoms with Crippen molar-refractivity contribution in [1.29, 1.82) is 0 Å². The molecule has 0 saturated heterocycles. The van der Waals surface area contributed by atoms with E-state index in [0.29, 0.717) is 18.3 Å². The van der Waals surface area contributed by atoms with Gasteiger partial charge < -0.3 is 9.67 Å². The lowest BCUT2D eigenvalue weighted by Crippen LogP contribution is -2.37. The molecule has 1 aromatic rings. The third-order valence-electron chi connectivity index (χ3n) is 4.03. The first kappa shape index (κ1) is 12.4. The molecule has 96 valence electrons. The van der Waals surface area contributed by atoms with Crippen LogP contribution in [-0.4, -0.2) is 20.3 Å². The molecular formula is C13H22N2O2. The largest absolute Gasteiger partial charge is 0.393 e. The first-order valence-electron chi connectivity index (χ1n) is 6.42. The fraction of sp³-hybridized carbons (Fsp3) is 0.769. The van der Waals surface area contributed by atoms with Crippen LogP contribution in [0.5, 0.6) is 0 Å². The van der Waals surface area contributed by atoms with Crippen LogP contribution in [0.2, 0.25) is 0 Å². The molecule has 0 radical (unpaired) electrons. The summed E-state index contributed by atoms with van der Waals surface area (Å²) in [5, 5.41) is 9.82. The summed E-state index contributed by atoms with van der Waals surface area (Å²) in [5.74, 6) is 1.03. The Hall–Kier alpha value is -1.03. The van der Waals surface area contributed by atoms with Crippen LogP contribution >= 0.6 is 0 Å². The topological polar surface area (TPSA) is 47.2 Å². The van der Waals surface area contributed by atoms with Gasteiger partial charge in [0.25, 0.3) is 0 Å². The Balaban J connectivity index is 2.32. The Morgan fingerprint density at radius 3 is 2.59 bits per heavy atom. The molecule has 0 amide bonds. The zero-order chi connectivity index (χ0) is 12.6. The average Bonchev–Trinajstić information content (AvgIpc) is 2.59. The Morgan fingerprint density at radius 2 is 2.06 bits per heavy atom. The Labute approximate surface area is 102 Å². The molecule has 0 aliphatic heterocycles. The van der Waals surface area contributed by atoms with Gasteiger partial charge >= 0.3 is 5.69 Å². The van der Waals surface area contributed by atoms with E-state index in [9.17, 15) is 9.90 Å². The molecule has 3 atom stereocenters. The summed E-state index contributed by atoms with van der Waals surface area (Å²) in [6.45, 7) is 4.40. The molecule has 4 heteroatoms. The molecule has 1 aromatic heterocycles. The van der Waals surface area contributed by atoms with Gasteiger partial charge in [0.2, 0.25) is 0 Å². The van der Waals surface area contributed by atoms with E-state index in [-0.39, 0.29) is 17.8 Å². The molecule has 1 aliphatic carbocycles. The third kappa shape index (κ3) is 2.32. The quantitative estimate of drug-likeness (QED) is 0.849. The van der Waals surface area contributed by atoms with Gasteiger partial charge in [-0.25, -0.2) is 4.79 Å². The van der Waals surface area contributed by atoms with Crippen LogP contribution in [-0.2, 0) is 7.05 Å². The van der Waals surface area contributed by atoms with Crippen LogP contribution < -0.4 is 5.69 Å². The highest BCUT2D eigenvalue weighted by molar-refractivity contribution is 4.91. The summed E-state index contributed by atoms with van der Waals surface area (Å²) in [5.41, 5.74) is 0.0229. The number of imidazole rings is 1. The van der Waals surface area contributed by atoms with E-state index in [1.807, 2.05) is 6.20 Å². The van der Waals surface area contributed by atoms with Crippen molar-refractivity contribution in [3.63, 3.8) is 0 Å². The van der Waals surface area contributed by atoms with Crippen molar-refractivity contribution in [2.24, 2.45) is 18.9 Å². The van der Waals surface area contributed by atoms with E-state index in [2.05, 4.69) is 13.8 Å². The molecule has 1 aliphatic rings. The number of hydrogen-bond acceptors (Lipinski definition) is 2. The molecule has 1 heterocycles. The van der Waals surface area contributed by atoms with Crippen molar-refractivity contribution in [2.75, 3.05) is 0 Å². The summed E-state index contributed by atoms with van der Waals surface area (Å²) < 4.78 is 3.39. The fourth-order valence-corrected chi connectivity index (χ4v) is 2.98. The maximum atomic E-state index is 12.0. The van der Waals surface area contributed by atoms with Gasteiger partial charge in [-0.15, -0.1) is 0 Å². The molecule has 1 fully saturated rings. The van der Waals surface area contributed by atoms with Crippen LogP contribution in [0.1, 0.15) is 39.2 Å². The van der Waals surface area contributed by atoms with Crippen molar-refractivity contribution in [3.8, 4) is 0 Å². The summed E-state index contributed by atoms with van der Waals surface area (Å²) in [6.07, 6.45) is 5.95. The number of aryl methyl sites for hydroxylation is 1. The van der Waals surface area contributed by atoms with Gasteiger partial charge in [-0.3, -0.25) is 4.57 Å². The predicted octanol–water partition coefficient (Wildman–Crippen LogP) is 1.54. The Kier molecular flexibility index (Phi) is 3.43. The second-order valence-corrected chi connectivity index (χ2v) is 5.54. The standard InChI is InChI=1S/C13H22N2O2/c1-9(2)11-5-4-10(16)8-12(11)15-7-6-14(3)13(15)17/h6-7,9-12,16H,4-5,8H2,1-3H3. The van der Waals surface area contributed by atoms with E-state index in [1.54, 1.807) is 22.4 Å². The summed E-state index contributed by atoms with van der Waals surface area (Å²) in [4.78, 5) is 12.0. The number of aliphatic hydroxyl groups excluding tert-OH is 1. The van der Waals surface area contributed by atoms with Gasteiger partial charge in [0.05, 0.1) is 6.10 Å². The normalized spacial score (nSPS) is 29.8. The number of hydrogen-bond donors (Lipinski definition) is 1. The van der Waals surface area contributed by atoms with Gasteiger partial charge in [0.15, 0.2) is 0 Å². The lowest BCUT2D eigenvalue weighted by atomic mass is 9.76. The van der Waals surface area contributed by atoms with E-state index in [1.165, 1.54) is 0 Å². The van der Waals surface area contributed by atoms with Crippen molar-refractivity contribution >= 4 is 0 Å². The van der Waals surface area contributed by atoms with E-state index >= 15 is 0 Å². The van der Waals surface area contributed by atoms with Crippen LogP contribution in [0.25, 0.3) is 0 Å². The Morgan fingerprint density at radius 1 is 1.35 bits per heavy atom. The number of aromatic nitrogens is 2. The average molecular weight is 238 g/mol. The van der Waals surface area contributed by atoms with Crippen LogP contribution in [0.15, 0.2) is 17.2 Å². The van der Waals surface area contributed by atoms with Crippen LogP contribution in [0, 0.1) is 11.8 Å². The van der Waals surface area contributed by atoms with Gasteiger partial charge in [-0.2, -0.15) is 0 Å². The zero-order valence-corrected chi connectivity index (χ0v) is 10.8. The molecule has 4 nitrogen and oxygen atoms in total. The first-order valence-corrected chi connectivity index (χ1v) is 6.42. The molecule has 2 rings (SSSR count). The predicted molar refractivity (Wildman–Crippen MR) is 66.9 cm³/mol. The number of rotatable bonds is 2. The Bertz CT molecular complexity index is 433. The van der Waals surface area contributed by atoms with Crippen LogP contribution in [0.4, 0.5) is 0 Å². The third-order valence-corrected chi connectivity index (χ3v) is 4.03. The molecule has 0 aromatic carbocycles. The van der Waals surface area contributed by atoms with E-state index < -0.39 is 0 Å². The van der Waals surface area contributed by atoms with Gasteiger partial charge in [0, 0.05) is 25.5 Å². The highest BCUT2D eigenvalue weighted by atomic mass is 16.3. The van der Waals surface area contributed by atoms with Crippen molar-refractivity contribution in [1.82, 2.24) is 9.13 Å². The minimum Gasteiger partial charge on any atom is -0.393 e. The molecule has 0 spiro atoms. The van der Waals surface area contributed by atoms with Crippen molar-refractivity contribution in [3.05, 3.63) is 22.9 Å². The maximum absolute atomic E-state index is 12.0. The maximum Gasteiger partial charge on any atom is 0.328 e. The molecular weight excluding hydrogens is 216 g/mol. The summed E-state index contributed by atoms with van der Waals surface area (Å²) in [6, 6.07) is 0.146.